The van der Waals surface area contributed by atoms with Gasteiger partial charge in [-0.05, 0) is 25.1 Å². The Hall–Kier alpha value is -3.75. The molecule has 0 unspecified atom stereocenters. The lowest BCUT2D eigenvalue weighted by atomic mass is 10.1. The zero-order valence-electron chi connectivity index (χ0n) is 14.7. The number of aromatic nitrogens is 4. The van der Waals surface area contributed by atoms with Crippen molar-refractivity contribution in [1.29, 1.82) is 0 Å². The fraction of sp³-hybridized carbons (Fsp3) is 0.158. The molecule has 28 heavy (non-hydrogen) atoms. The summed E-state index contributed by atoms with van der Waals surface area (Å²) in [5, 5.41) is 3.84. The van der Waals surface area contributed by atoms with Crippen molar-refractivity contribution in [2.24, 2.45) is 0 Å². The van der Waals surface area contributed by atoms with Gasteiger partial charge in [0.1, 0.15) is 24.5 Å². The van der Waals surface area contributed by atoms with Crippen molar-refractivity contribution in [2.45, 2.75) is 6.92 Å². The highest BCUT2D eigenvalue weighted by Gasteiger charge is 2.16. The van der Waals surface area contributed by atoms with Crippen LogP contribution in [-0.4, -0.2) is 33.1 Å². The van der Waals surface area contributed by atoms with Crippen molar-refractivity contribution in [3.8, 4) is 11.5 Å². The van der Waals surface area contributed by atoms with Crippen LogP contribution < -0.4 is 20.3 Å². The van der Waals surface area contributed by atoms with Crippen LogP contribution in [0.5, 0.6) is 11.5 Å². The average molecular weight is 379 g/mol. The predicted molar refractivity (Wildman–Crippen MR) is 101 cm³/mol. The van der Waals surface area contributed by atoms with Crippen molar-refractivity contribution >= 4 is 33.7 Å². The minimum absolute atomic E-state index is 0.0223. The number of hydrogen-bond acceptors (Lipinski definition) is 7. The zero-order chi connectivity index (χ0) is 19.3. The van der Waals surface area contributed by atoms with Gasteiger partial charge in [-0.15, -0.1) is 0 Å². The van der Waals surface area contributed by atoms with Gasteiger partial charge in [0, 0.05) is 11.5 Å². The van der Waals surface area contributed by atoms with Crippen molar-refractivity contribution in [3.63, 3.8) is 0 Å². The van der Waals surface area contributed by atoms with Crippen LogP contribution in [0.25, 0.3) is 21.8 Å². The SMILES string of the molecule is Cc1nc(Nc2nc3c(F)cccc3c(=O)[nH]2)nc2cc3c(cc12)OCCO3. The number of H-pyrrole nitrogens is 1. The second-order valence-corrected chi connectivity index (χ2v) is 6.32. The van der Waals surface area contributed by atoms with E-state index in [4.69, 9.17) is 9.47 Å². The first-order valence-electron chi connectivity index (χ1n) is 8.62. The third-order valence-electron chi connectivity index (χ3n) is 4.47. The first-order chi connectivity index (χ1) is 13.6. The summed E-state index contributed by atoms with van der Waals surface area (Å²) in [7, 11) is 0. The molecule has 2 aromatic carbocycles. The Morgan fingerprint density at radius 2 is 1.86 bits per heavy atom. The summed E-state index contributed by atoms with van der Waals surface area (Å²) in [6.45, 7) is 2.80. The second-order valence-electron chi connectivity index (χ2n) is 6.32. The average Bonchev–Trinajstić information content (AvgIpc) is 2.68. The minimum atomic E-state index is -0.578. The molecule has 0 atom stereocenters. The molecule has 8 nitrogen and oxygen atoms in total. The van der Waals surface area contributed by atoms with Gasteiger partial charge in [0.25, 0.3) is 5.56 Å². The third kappa shape index (κ3) is 2.68. The van der Waals surface area contributed by atoms with Gasteiger partial charge in [0.15, 0.2) is 11.5 Å². The second kappa shape index (κ2) is 6.15. The maximum Gasteiger partial charge on any atom is 0.260 e. The van der Waals surface area contributed by atoms with Gasteiger partial charge < -0.3 is 9.47 Å². The first kappa shape index (κ1) is 16.4. The van der Waals surface area contributed by atoms with Gasteiger partial charge in [-0.25, -0.2) is 19.3 Å². The van der Waals surface area contributed by atoms with Crippen LogP contribution in [0.4, 0.5) is 16.3 Å². The number of nitrogens with zero attached hydrogens (tertiary/aromatic N) is 3. The Bertz CT molecular complexity index is 1300. The van der Waals surface area contributed by atoms with E-state index >= 15 is 0 Å². The highest BCUT2D eigenvalue weighted by molar-refractivity contribution is 5.86. The van der Waals surface area contributed by atoms with E-state index in [0.717, 1.165) is 5.39 Å². The molecule has 4 aromatic rings. The fourth-order valence-corrected chi connectivity index (χ4v) is 3.17. The Morgan fingerprint density at radius 3 is 2.68 bits per heavy atom. The van der Waals surface area contributed by atoms with Crippen LogP contribution in [0.2, 0.25) is 0 Å². The molecule has 0 spiro atoms. The highest BCUT2D eigenvalue weighted by Crippen LogP contribution is 2.35. The van der Waals surface area contributed by atoms with E-state index in [2.05, 4.69) is 25.3 Å². The van der Waals surface area contributed by atoms with Crippen molar-refractivity contribution in [3.05, 3.63) is 52.2 Å². The molecule has 0 radical (unpaired) electrons. The van der Waals surface area contributed by atoms with Crippen molar-refractivity contribution < 1.29 is 13.9 Å². The molecule has 0 saturated heterocycles. The topological polar surface area (TPSA) is 102 Å². The summed E-state index contributed by atoms with van der Waals surface area (Å²) in [5.41, 5.74) is 0.877. The molecule has 0 saturated carbocycles. The van der Waals surface area contributed by atoms with Crippen LogP contribution in [-0.2, 0) is 0 Å². The normalized spacial score (nSPS) is 13.1. The molecule has 0 fully saturated rings. The number of aromatic amines is 1. The van der Waals surface area contributed by atoms with Gasteiger partial charge in [0.2, 0.25) is 11.9 Å². The Labute approximate surface area is 157 Å². The quantitative estimate of drug-likeness (QED) is 0.552. The summed E-state index contributed by atoms with van der Waals surface area (Å²) >= 11 is 0. The fourth-order valence-electron chi connectivity index (χ4n) is 3.17. The minimum Gasteiger partial charge on any atom is -0.486 e. The number of hydrogen-bond donors (Lipinski definition) is 2. The lowest BCUT2D eigenvalue weighted by Gasteiger charge is -2.19. The standard InChI is InChI=1S/C19H14FN5O3/c1-9-11-7-14-15(28-6-5-27-14)8-13(11)22-18(21-9)25-19-23-16-10(17(26)24-19)3-2-4-12(16)20/h2-4,7-8H,5-6H2,1H3,(H2,21,22,23,24,25,26). The molecule has 1 aliphatic rings. The summed E-state index contributed by atoms with van der Waals surface area (Å²) in [5.74, 6) is 0.967. The number of nitrogens with one attached hydrogen (secondary N) is 2. The molecule has 2 aromatic heterocycles. The predicted octanol–water partition coefficient (Wildman–Crippen LogP) is 2.83. The van der Waals surface area contributed by atoms with E-state index in [-0.39, 0.29) is 22.8 Å². The van der Waals surface area contributed by atoms with E-state index in [0.29, 0.717) is 35.9 Å². The number of aryl methyl sites for hydroxylation is 1. The van der Waals surface area contributed by atoms with Gasteiger partial charge in [-0.1, -0.05) is 6.07 Å². The largest absolute Gasteiger partial charge is 0.486 e. The number of para-hydroxylation sites is 1. The number of halogens is 1. The molecular weight excluding hydrogens is 365 g/mol. The molecular formula is C19H14FN5O3. The van der Waals surface area contributed by atoms with Gasteiger partial charge in [0.05, 0.1) is 16.6 Å². The smallest absolute Gasteiger partial charge is 0.260 e. The number of anilines is 2. The maximum absolute atomic E-state index is 14.0. The van der Waals surface area contributed by atoms with Crippen molar-refractivity contribution in [1.82, 2.24) is 19.9 Å². The molecule has 5 rings (SSSR count). The summed E-state index contributed by atoms with van der Waals surface area (Å²) < 4.78 is 25.2. The van der Waals surface area contributed by atoms with Crippen LogP contribution in [0.15, 0.2) is 35.1 Å². The number of ether oxygens (including phenoxy) is 2. The highest BCUT2D eigenvalue weighted by atomic mass is 19.1. The molecule has 1 aliphatic heterocycles. The molecule has 3 heterocycles. The molecule has 2 N–H and O–H groups in total. The maximum atomic E-state index is 14.0. The number of rotatable bonds is 2. The van der Waals surface area contributed by atoms with E-state index < -0.39 is 11.4 Å². The van der Waals surface area contributed by atoms with Crippen LogP contribution in [0.1, 0.15) is 5.69 Å². The number of benzene rings is 2. The van der Waals surface area contributed by atoms with Gasteiger partial charge in [-0.2, -0.15) is 0 Å². The Kier molecular flexibility index (Phi) is 3.61. The molecule has 9 heteroatoms. The van der Waals surface area contributed by atoms with E-state index in [9.17, 15) is 9.18 Å². The van der Waals surface area contributed by atoms with Gasteiger partial charge in [-0.3, -0.25) is 15.1 Å². The molecule has 140 valence electrons. The van der Waals surface area contributed by atoms with E-state index in [1.807, 2.05) is 13.0 Å². The van der Waals surface area contributed by atoms with Crippen LogP contribution >= 0.6 is 0 Å². The molecule has 0 aliphatic carbocycles. The summed E-state index contributed by atoms with van der Waals surface area (Å²) in [6, 6.07) is 7.84. The van der Waals surface area contributed by atoms with Crippen LogP contribution in [0, 0.1) is 12.7 Å². The van der Waals surface area contributed by atoms with Crippen molar-refractivity contribution in [2.75, 3.05) is 18.5 Å². The third-order valence-corrected chi connectivity index (χ3v) is 4.47. The monoisotopic (exact) mass is 379 g/mol. The van der Waals surface area contributed by atoms with Gasteiger partial charge >= 0.3 is 0 Å². The Balaban J connectivity index is 1.59. The van der Waals surface area contributed by atoms with E-state index in [1.54, 1.807) is 6.07 Å². The summed E-state index contributed by atoms with van der Waals surface area (Å²) in [6.07, 6.45) is 0. The lowest BCUT2D eigenvalue weighted by molar-refractivity contribution is 0.172. The number of fused-ring (bicyclic) bond motifs is 3. The van der Waals surface area contributed by atoms with Crippen LogP contribution in [0.3, 0.4) is 0 Å². The van der Waals surface area contributed by atoms with E-state index in [1.165, 1.54) is 18.2 Å². The zero-order valence-corrected chi connectivity index (χ0v) is 14.7. The first-order valence-corrected chi connectivity index (χ1v) is 8.62. The Morgan fingerprint density at radius 1 is 1.07 bits per heavy atom. The lowest BCUT2D eigenvalue weighted by Crippen LogP contribution is -2.15. The summed E-state index contributed by atoms with van der Waals surface area (Å²) in [4.78, 5) is 27.8. The molecule has 0 amide bonds. The molecule has 0 bridgehead atoms.